The molecule has 1 heterocycles. The zero-order valence-electron chi connectivity index (χ0n) is 18.4. The van der Waals surface area contributed by atoms with Gasteiger partial charge in [0.15, 0.2) is 0 Å². The lowest BCUT2D eigenvalue weighted by Crippen LogP contribution is -2.34. The quantitative estimate of drug-likeness (QED) is 0.171. The van der Waals surface area contributed by atoms with Crippen LogP contribution in [0.2, 0.25) is 5.02 Å². The van der Waals surface area contributed by atoms with Crippen molar-refractivity contribution in [1.29, 1.82) is 0 Å². The zero-order valence-corrected chi connectivity index (χ0v) is 19.1. The normalized spacial score (nSPS) is 15.7. The highest BCUT2D eigenvalue weighted by atomic mass is 35.5. The van der Waals surface area contributed by atoms with Crippen molar-refractivity contribution in [2.75, 3.05) is 33.5 Å². The Balaban J connectivity index is 2.44. The van der Waals surface area contributed by atoms with Crippen LogP contribution >= 0.6 is 11.6 Å². The van der Waals surface area contributed by atoms with Crippen molar-refractivity contribution in [2.45, 2.75) is 32.6 Å². The van der Waals surface area contributed by atoms with Gasteiger partial charge in [-0.1, -0.05) is 34.9 Å². The largest absolute Gasteiger partial charge is 0.466 e. The van der Waals surface area contributed by atoms with Crippen molar-refractivity contribution in [3.8, 4) is 0 Å². The molecule has 2 rings (SSSR count). The number of ether oxygens (including phenoxy) is 3. The first-order valence-electron chi connectivity index (χ1n) is 10.3. The number of benzene rings is 1. The average Bonchev–Trinajstić information content (AvgIpc) is 2.78. The second-order valence-electron chi connectivity index (χ2n) is 6.94. The first-order chi connectivity index (χ1) is 15.5. The number of hydrogen-bond acceptors (Lipinski definition) is 7. The number of allylic oxidation sites excluding steroid dienone is 1. The summed E-state index contributed by atoms with van der Waals surface area (Å²) in [6, 6.07) is 7.03. The Bertz CT molecular complexity index is 953. The van der Waals surface area contributed by atoms with Gasteiger partial charge in [-0.05, 0) is 43.9 Å². The van der Waals surface area contributed by atoms with Crippen molar-refractivity contribution < 1.29 is 23.8 Å². The van der Waals surface area contributed by atoms with Crippen LogP contribution in [0.25, 0.3) is 10.4 Å². The molecule has 0 fully saturated rings. The predicted molar refractivity (Wildman–Crippen MR) is 120 cm³/mol. The number of dihydropyridines is 1. The molecule has 1 aromatic carbocycles. The number of nitrogens with one attached hydrogen (secondary N) is 1. The standard InChI is InChI=1S/C22H27ClN4O5/c1-4-32-22(29)20-17(13-31-12-8-7-11-25-27-24)26-14(2)18(21(28)30-3)19(20)15-9-5-6-10-16(15)23/h5-6,9-10,19,26H,4,7-8,11-13H2,1-3H3. The minimum Gasteiger partial charge on any atom is -0.466 e. The Morgan fingerprint density at radius 1 is 1.22 bits per heavy atom. The number of esters is 2. The number of carbonyl (C=O) groups excluding carboxylic acids is 2. The Labute approximate surface area is 192 Å². The third kappa shape index (κ3) is 6.26. The fourth-order valence-electron chi connectivity index (χ4n) is 3.47. The topological polar surface area (TPSA) is 123 Å². The van der Waals surface area contributed by atoms with E-state index in [9.17, 15) is 9.59 Å². The van der Waals surface area contributed by atoms with Gasteiger partial charge < -0.3 is 19.5 Å². The van der Waals surface area contributed by atoms with Gasteiger partial charge in [0.2, 0.25) is 0 Å². The second-order valence-corrected chi connectivity index (χ2v) is 7.34. The molecule has 1 aromatic rings. The van der Waals surface area contributed by atoms with E-state index in [0.717, 1.165) is 0 Å². The van der Waals surface area contributed by atoms with Crippen molar-refractivity contribution in [3.05, 3.63) is 67.8 Å². The van der Waals surface area contributed by atoms with Gasteiger partial charge in [-0.25, -0.2) is 9.59 Å². The van der Waals surface area contributed by atoms with Crippen LogP contribution < -0.4 is 5.32 Å². The molecule has 172 valence electrons. The molecule has 0 bridgehead atoms. The Hall–Kier alpha value is -3.00. The van der Waals surface area contributed by atoms with Gasteiger partial charge in [0.25, 0.3) is 0 Å². The number of rotatable bonds is 11. The van der Waals surface area contributed by atoms with Crippen molar-refractivity contribution in [2.24, 2.45) is 5.11 Å². The molecule has 32 heavy (non-hydrogen) atoms. The molecule has 0 spiro atoms. The maximum Gasteiger partial charge on any atom is 0.336 e. The minimum atomic E-state index is -0.778. The predicted octanol–water partition coefficient (Wildman–Crippen LogP) is 4.40. The van der Waals surface area contributed by atoms with E-state index in [1.54, 1.807) is 38.1 Å². The van der Waals surface area contributed by atoms with Crippen molar-refractivity contribution in [1.82, 2.24) is 5.32 Å². The van der Waals surface area contributed by atoms with Crippen LogP contribution in [0.1, 0.15) is 38.2 Å². The van der Waals surface area contributed by atoms with Crippen LogP contribution in [0.4, 0.5) is 0 Å². The maximum atomic E-state index is 13.0. The highest BCUT2D eigenvalue weighted by Gasteiger charge is 2.39. The van der Waals surface area contributed by atoms with Gasteiger partial charge in [0.05, 0.1) is 43.1 Å². The minimum absolute atomic E-state index is 0.0996. The lowest BCUT2D eigenvalue weighted by atomic mass is 9.80. The van der Waals surface area contributed by atoms with Gasteiger partial charge in [-0.2, -0.15) is 0 Å². The van der Waals surface area contributed by atoms with E-state index in [4.69, 9.17) is 31.3 Å². The van der Waals surface area contributed by atoms with Gasteiger partial charge in [-0.3, -0.25) is 0 Å². The maximum absolute atomic E-state index is 13.0. The molecule has 0 saturated heterocycles. The van der Waals surface area contributed by atoms with Gasteiger partial charge in [-0.15, -0.1) is 0 Å². The molecule has 10 heteroatoms. The molecule has 1 atom stereocenters. The number of carbonyl (C=O) groups is 2. The van der Waals surface area contributed by atoms with E-state index in [1.807, 2.05) is 0 Å². The molecule has 0 saturated carbocycles. The molecule has 0 radical (unpaired) electrons. The number of methoxy groups -OCH3 is 1. The summed E-state index contributed by atoms with van der Waals surface area (Å²) in [6.07, 6.45) is 1.38. The highest BCUT2D eigenvalue weighted by Crippen LogP contribution is 2.41. The molecule has 0 aromatic heterocycles. The number of nitrogens with zero attached hydrogens (tertiary/aromatic N) is 3. The van der Waals surface area contributed by atoms with E-state index >= 15 is 0 Å². The number of hydrogen-bond donors (Lipinski definition) is 1. The monoisotopic (exact) mass is 462 g/mol. The van der Waals surface area contributed by atoms with Gasteiger partial charge in [0.1, 0.15) is 0 Å². The summed E-state index contributed by atoms with van der Waals surface area (Å²) in [5.41, 5.74) is 10.5. The smallest absolute Gasteiger partial charge is 0.336 e. The summed E-state index contributed by atoms with van der Waals surface area (Å²) >= 11 is 6.47. The fourth-order valence-corrected chi connectivity index (χ4v) is 3.71. The molecule has 1 N–H and O–H groups in total. The average molecular weight is 463 g/mol. The van der Waals surface area contributed by atoms with Crippen LogP contribution in [0.5, 0.6) is 0 Å². The van der Waals surface area contributed by atoms with Crippen LogP contribution in [-0.4, -0.2) is 45.4 Å². The summed E-state index contributed by atoms with van der Waals surface area (Å²) < 4.78 is 16.1. The molecule has 1 unspecified atom stereocenters. The first kappa shape index (κ1) is 25.3. The Morgan fingerprint density at radius 2 is 1.97 bits per heavy atom. The molecule has 9 nitrogen and oxygen atoms in total. The number of azide groups is 1. The second kappa shape index (κ2) is 12.8. The molecule has 1 aliphatic heterocycles. The summed E-state index contributed by atoms with van der Waals surface area (Å²) in [5, 5.41) is 7.02. The third-order valence-corrected chi connectivity index (χ3v) is 5.21. The molecule has 0 aliphatic carbocycles. The Kier molecular flexibility index (Phi) is 10.1. The van der Waals surface area contributed by atoms with Gasteiger partial charge >= 0.3 is 11.9 Å². The van der Waals surface area contributed by atoms with Crippen molar-refractivity contribution in [3.63, 3.8) is 0 Å². The molecule has 1 aliphatic rings. The van der Waals surface area contributed by atoms with E-state index in [-0.39, 0.29) is 24.4 Å². The summed E-state index contributed by atoms with van der Waals surface area (Å²) in [6.45, 7) is 4.52. The summed E-state index contributed by atoms with van der Waals surface area (Å²) in [5.74, 6) is -1.92. The summed E-state index contributed by atoms with van der Waals surface area (Å²) in [4.78, 5) is 28.4. The molecule has 0 amide bonds. The van der Waals surface area contributed by atoms with E-state index < -0.39 is 17.9 Å². The lowest BCUT2D eigenvalue weighted by Gasteiger charge is -2.31. The lowest BCUT2D eigenvalue weighted by molar-refractivity contribution is -0.139. The summed E-state index contributed by atoms with van der Waals surface area (Å²) in [7, 11) is 1.29. The molecular weight excluding hydrogens is 436 g/mol. The van der Waals surface area contributed by atoms with E-state index in [0.29, 0.717) is 48.0 Å². The van der Waals surface area contributed by atoms with Crippen LogP contribution in [0.3, 0.4) is 0 Å². The molecular formula is C22H27ClN4O5. The Morgan fingerprint density at radius 3 is 2.62 bits per heavy atom. The first-order valence-corrected chi connectivity index (χ1v) is 10.6. The van der Waals surface area contributed by atoms with Crippen LogP contribution in [0, 0.1) is 0 Å². The van der Waals surface area contributed by atoms with Crippen LogP contribution in [0.15, 0.2) is 51.9 Å². The third-order valence-electron chi connectivity index (χ3n) is 4.87. The van der Waals surface area contributed by atoms with E-state index in [1.165, 1.54) is 7.11 Å². The van der Waals surface area contributed by atoms with Gasteiger partial charge in [0, 0.05) is 28.8 Å². The fraction of sp³-hybridized carbons (Fsp3) is 0.455. The van der Waals surface area contributed by atoms with Crippen molar-refractivity contribution >= 4 is 23.5 Å². The highest BCUT2D eigenvalue weighted by molar-refractivity contribution is 6.31. The zero-order chi connectivity index (χ0) is 23.5. The van der Waals surface area contributed by atoms with Crippen LogP contribution in [-0.2, 0) is 23.8 Å². The number of unbranched alkanes of at least 4 members (excludes halogenated alkanes) is 1. The SMILES string of the molecule is CCOC(=O)C1=C(COCCCCN=[N+]=[N-])NC(C)=C(C(=O)OC)C1c1ccccc1Cl. The van der Waals surface area contributed by atoms with E-state index in [2.05, 4.69) is 15.3 Å². The number of halogens is 1.